The number of benzene rings is 2. The SMILES string of the molecule is C=CCN(CC=C)CC(=O)Nc1ccc(NC(=O)CCc2ccccc2)cc1. The van der Waals surface area contributed by atoms with Crippen molar-refractivity contribution in [3.8, 4) is 0 Å². The first-order valence-corrected chi connectivity index (χ1v) is 9.28. The van der Waals surface area contributed by atoms with E-state index in [9.17, 15) is 9.59 Å². The van der Waals surface area contributed by atoms with Gasteiger partial charge in [-0.3, -0.25) is 14.5 Å². The van der Waals surface area contributed by atoms with Crippen LogP contribution in [0, 0.1) is 0 Å². The Kier molecular flexibility index (Phi) is 8.69. The Morgan fingerprint density at radius 2 is 1.36 bits per heavy atom. The molecule has 0 atom stereocenters. The zero-order valence-electron chi connectivity index (χ0n) is 16.1. The van der Waals surface area contributed by atoms with Gasteiger partial charge < -0.3 is 10.6 Å². The lowest BCUT2D eigenvalue weighted by Crippen LogP contribution is -2.33. The van der Waals surface area contributed by atoms with E-state index in [1.165, 1.54) is 0 Å². The first kappa shape index (κ1) is 21.1. The maximum atomic E-state index is 12.2. The summed E-state index contributed by atoms with van der Waals surface area (Å²) < 4.78 is 0. The molecule has 0 saturated carbocycles. The molecule has 0 aromatic heterocycles. The molecule has 0 aliphatic rings. The number of anilines is 2. The van der Waals surface area contributed by atoms with Crippen molar-refractivity contribution in [2.24, 2.45) is 0 Å². The molecular weight excluding hydrogens is 350 g/mol. The molecular formula is C23H27N3O2. The van der Waals surface area contributed by atoms with Gasteiger partial charge in [-0.2, -0.15) is 0 Å². The standard InChI is InChI=1S/C23H27N3O2/c1-3-16-26(17-4-2)18-23(28)25-21-13-11-20(12-14-21)24-22(27)15-10-19-8-6-5-7-9-19/h3-9,11-14H,1-2,10,15-18H2,(H,24,27)(H,25,28). The molecule has 2 aromatic carbocycles. The van der Waals surface area contributed by atoms with Crippen LogP contribution in [0.2, 0.25) is 0 Å². The molecule has 0 aliphatic carbocycles. The lowest BCUT2D eigenvalue weighted by Gasteiger charge is -2.18. The number of nitrogens with zero attached hydrogens (tertiary/aromatic N) is 1. The largest absolute Gasteiger partial charge is 0.326 e. The molecule has 146 valence electrons. The van der Waals surface area contributed by atoms with Crippen molar-refractivity contribution in [1.29, 1.82) is 0 Å². The minimum Gasteiger partial charge on any atom is -0.326 e. The van der Waals surface area contributed by atoms with E-state index in [2.05, 4.69) is 23.8 Å². The Balaban J connectivity index is 1.80. The second-order valence-corrected chi connectivity index (χ2v) is 6.43. The summed E-state index contributed by atoms with van der Waals surface area (Å²) in [6, 6.07) is 17.0. The topological polar surface area (TPSA) is 61.4 Å². The monoisotopic (exact) mass is 377 g/mol. The number of hydrogen-bond donors (Lipinski definition) is 2. The highest BCUT2D eigenvalue weighted by atomic mass is 16.2. The van der Waals surface area contributed by atoms with Crippen LogP contribution in [0.15, 0.2) is 79.9 Å². The average Bonchev–Trinajstić information content (AvgIpc) is 2.69. The van der Waals surface area contributed by atoms with Crippen molar-refractivity contribution < 1.29 is 9.59 Å². The Hall–Kier alpha value is -3.18. The maximum Gasteiger partial charge on any atom is 0.238 e. The second kappa shape index (κ2) is 11.5. The van der Waals surface area contributed by atoms with Gasteiger partial charge in [0.25, 0.3) is 0 Å². The van der Waals surface area contributed by atoms with Crippen molar-refractivity contribution in [3.05, 3.63) is 85.5 Å². The highest BCUT2D eigenvalue weighted by Gasteiger charge is 2.09. The van der Waals surface area contributed by atoms with E-state index in [1.807, 2.05) is 35.2 Å². The summed E-state index contributed by atoms with van der Waals surface area (Å²) in [6.07, 6.45) is 4.63. The molecule has 28 heavy (non-hydrogen) atoms. The van der Waals surface area contributed by atoms with Gasteiger partial charge in [0.2, 0.25) is 11.8 Å². The zero-order valence-corrected chi connectivity index (χ0v) is 16.1. The fraction of sp³-hybridized carbons (Fsp3) is 0.217. The number of amides is 2. The summed E-state index contributed by atoms with van der Waals surface area (Å²) in [4.78, 5) is 26.2. The molecule has 0 unspecified atom stereocenters. The van der Waals surface area contributed by atoms with Gasteiger partial charge in [0.1, 0.15) is 0 Å². The van der Waals surface area contributed by atoms with Crippen LogP contribution in [-0.4, -0.2) is 36.3 Å². The van der Waals surface area contributed by atoms with Gasteiger partial charge in [-0.25, -0.2) is 0 Å². The quantitative estimate of drug-likeness (QED) is 0.585. The molecule has 0 saturated heterocycles. The highest BCUT2D eigenvalue weighted by Crippen LogP contribution is 2.14. The maximum absolute atomic E-state index is 12.2. The Morgan fingerprint density at radius 3 is 1.89 bits per heavy atom. The number of rotatable bonds is 11. The van der Waals surface area contributed by atoms with Crippen LogP contribution in [0.5, 0.6) is 0 Å². The molecule has 5 nitrogen and oxygen atoms in total. The number of nitrogens with one attached hydrogen (secondary N) is 2. The smallest absolute Gasteiger partial charge is 0.238 e. The van der Waals surface area contributed by atoms with Gasteiger partial charge in [0.05, 0.1) is 6.54 Å². The van der Waals surface area contributed by atoms with Crippen LogP contribution in [0.1, 0.15) is 12.0 Å². The first-order chi connectivity index (χ1) is 13.6. The van der Waals surface area contributed by atoms with Crippen LogP contribution in [0.4, 0.5) is 11.4 Å². The van der Waals surface area contributed by atoms with Crippen LogP contribution < -0.4 is 10.6 Å². The van der Waals surface area contributed by atoms with E-state index in [0.717, 1.165) is 5.56 Å². The van der Waals surface area contributed by atoms with Crippen molar-refractivity contribution in [2.45, 2.75) is 12.8 Å². The van der Waals surface area contributed by atoms with Crippen molar-refractivity contribution in [3.63, 3.8) is 0 Å². The fourth-order valence-electron chi connectivity index (χ4n) is 2.74. The lowest BCUT2D eigenvalue weighted by atomic mass is 10.1. The van der Waals surface area contributed by atoms with E-state index in [-0.39, 0.29) is 18.4 Å². The van der Waals surface area contributed by atoms with Crippen molar-refractivity contribution in [1.82, 2.24) is 4.90 Å². The Labute approximate surface area is 166 Å². The zero-order chi connectivity index (χ0) is 20.2. The third-order valence-electron chi connectivity index (χ3n) is 4.08. The number of carbonyl (C=O) groups excluding carboxylic acids is 2. The molecule has 2 amide bonds. The minimum absolute atomic E-state index is 0.0369. The molecule has 0 radical (unpaired) electrons. The van der Waals surface area contributed by atoms with Crippen LogP contribution >= 0.6 is 0 Å². The van der Waals surface area contributed by atoms with E-state index >= 15 is 0 Å². The molecule has 0 spiro atoms. The van der Waals surface area contributed by atoms with Crippen molar-refractivity contribution >= 4 is 23.2 Å². The third kappa shape index (κ3) is 7.60. The molecule has 0 heterocycles. The van der Waals surface area contributed by atoms with E-state index in [0.29, 0.717) is 37.3 Å². The van der Waals surface area contributed by atoms with E-state index < -0.39 is 0 Å². The molecule has 2 rings (SSSR count). The first-order valence-electron chi connectivity index (χ1n) is 9.28. The summed E-state index contributed by atoms with van der Waals surface area (Å²) in [5.41, 5.74) is 2.53. The molecule has 5 heteroatoms. The van der Waals surface area contributed by atoms with Gasteiger partial charge >= 0.3 is 0 Å². The lowest BCUT2D eigenvalue weighted by molar-refractivity contribution is -0.117. The summed E-state index contributed by atoms with van der Waals surface area (Å²) in [5.74, 6) is -0.145. The van der Waals surface area contributed by atoms with Gasteiger partial charge in [-0.1, -0.05) is 42.5 Å². The normalized spacial score (nSPS) is 10.3. The predicted octanol–water partition coefficient (Wildman–Crippen LogP) is 3.87. The van der Waals surface area contributed by atoms with Crippen LogP contribution in [0.3, 0.4) is 0 Å². The highest BCUT2D eigenvalue weighted by molar-refractivity contribution is 5.93. The molecule has 2 aromatic rings. The Bertz CT molecular complexity index is 775. The average molecular weight is 377 g/mol. The van der Waals surface area contributed by atoms with Gasteiger partial charge in [-0.05, 0) is 36.2 Å². The molecule has 2 N–H and O–H groups in total. The van der Waals surface area contributed by atoms with Crippen molar-refractivity contribution in [2.75, 3.05) is 30.3 Å². The minimum atomic E-state index is -0.108. The molecule has 0 fully saturated rings. The number of carbonyl (C=O) groups is 2. The molecule has 0 aliphatic heterocycles. The summed E-state index contributed by atoms with van der Waals surface area (Å²) in [6.45, 7) is 8.89. The molecule has 0 bridgehead atoms. The third-order valence-corrected chi connectivity index (χ3v) is 4.08. The summed E-state index contributed by atoms with van der Waals surface area (Å²) >= 11 is 0. The summed E-state index contributed by atoms with van der Waals surface area (Å²) in [7, 11) is 0. The van der Waals surface area contributed by atoms with E-state index in [4.69, 9.17) is 0 Å². The fourth-order valence-corrected chi connectivity index (χ4v) is 2.74. The van der Waals surface area contributed by atoms with E-state index in [1.54, 1.807) is 36.4 Å². The summed E-state index contributed by atoms with van der Waals surface area (Å²) in [5, 5.41) is 5.73. The second-order valence-electron chi connectivity index (χ2n) is 6.43. The van der Waals surface area contributed by atoms with Crippen LogP contribution in [-0.2, 0) is 16.0 Å². The van der Waals surface area contributed by atoms with Gasteiger partial charge in [0, 0.05) is 30.9 Å². The number of aryl methyl sites for hydroxylation is 1. The number of hydrogen-bond acceptors (Lipinski definition) is 3. The van der Waals surface area contributed by atoms with Gasteiger partial charge in [0.15, 0.2) is 0 Å². The van der Waals surface area contributed by atoms with Gasteiger partial charge in [-0.15, -0.1) is 13.2 Å². The van der Waals surface area contributed by atoms with Crippen LogP contribution in [0.25, 0.3) is 0 Å². The Morgan fingerprint density at radius 1 is 0.821 bits per heavy atom. The predicted molar refractivity (Wildman–Crippen MR) is 115 cm³/mol.